The molecule has 2 rings (SSSR count). The number of nitrogens with zero attached hydrogens (tertiary/aromatic N) is 2. The van der Waals surface area contributed by atoms with Crippen LogP contribution in [-0.4, -0.2) is 47.9 Å². The first-order valence-electron chi connectivity index (χ1n) is 6.02. The van der Waals surface area contributed by atoms with E-state index in [1.165, 1.54) is 25.9 Å². The third-order valence-corrected chi connectivity index (χ3v) is 3.45. The zero-order valence-corrected chi connectivity index (χ0v) is 10.1. The lowest BCUT2D eigenvalue weighted by molar-refractivity contribution is -0.146. The van der Waals surface area contributed by atoms with Crippen molar-refractivity contribution < 1.29 is 4.79 Å². The van der Waals surface area contributed by atoms with Crippen molar-refractivity contribution in [3.05, 3.63) is 0 Å². The van der Waals surface area contributed by atoms with E-state index in [1.54, 1.807) is 0 Å². The molecule has 2 aliphatic heterocycles. The van der Waals surface area contributed by atoms with Crippen LogP contribution in [0.1, 0.15) is 33.6 Å². The second-order valence-electron chi connectivity index (χ2n) is 5.86. The van der Waals surface area contributed by atoms with Gasteiger partial charge >= 0.3 is 0 Å². The molecule has 0 aromatic rings. The van der Waals surface area contributed by atoms with E-state index in [9.17, 15) is 4.79 Å². The number of hydrogen-bond donors (Lipinski definition) is 0. The summed E-state index contributed by atoms with van der Waals surface area (Å²) >= 11 is 0. The molecule has 2 saturated heterocycles. The molecule has 86 valence electrons. The van der Waals surface area contributed by atoms with Crippen molar-refractivity contribution in [3.8, 4) is 0 Å². The molecule has 15 heavy (non-hydrogen) atoms. The highest BCUT2D eigenvalue weighted by molar-refractivity contribution is 5.82. The van der Waals surface area contributed by atoms with Crippen LogP contribution < -0.4 is 0 Å². The maximum atomic E-state index is 11.9. The van der Waals surface area contributed by atoms with Gasteiger partial charge in [-0.25, -0.2) is 0 Å². The van der Waals surface area contributed by atoms with Gasteiger partial charge in [0, 0.05) is 24.5 Å². The van der Waals surface area contributed by atoms with Gasteiger partial charge in [-0.1, -0.05) is 20.8 Å². The molecular weight excluding hydrogens is 188 g/mol. The quantitative estimate of drug-likeness (QED) is 0.652. The average Bonchev–Trinajstić information content (AvgIpc) is 2.52. The molecule has 2 aliphatic rings. The van der Waals surface area contributed by atoms with Crippen LogP contribution in [0.15, 0.2) is 0 Å². The third-order valence-electron chi connectivity index (χ3n) is 3.45. The summed E-state index contributed by atoms with van der Waals surface area (Å²) in [6.45, 7) is 10.4. The summed E-state index contributed by atoms with van der Waals surface area (Å²) in [5.41, 5.74) is -0.212. The summed E-state index contributed by atoms with van der Waals surface area (Å²) in [5.74, 6) is 0.304. The van der Waals surface area contributed by atoms with Gasteiger partial charge in [0.15, 0.2) is 0 Å². The minimum absolute atomic E-state index is 0.212. The van der Waals surface area contributed by atoms with Gasteiger partial charge in [-0.15, -0.1) is 0 Å². The average molecular weight is 210 g/mol. The van der Waals surface area contributed by atoms with Gasteiger partial charge in [-0.05, 0) is 25.9 Å². The van der Waals surface area contributed by atoms with Crippen molar-refractivity contribution in [2.75, 3.05) is 26.2 Å². The summed E-state index contributed by atoms with van der Waals surface area (Å²) in [5, 5.41) is 0. The van der Waals surface area contributed by atoms with E-state index < -0.39 is 0 Å². The predicted octanol–water partition coefficient (Wildman–Crippen LogP) is 1.34. The van der Waals surface area contributed by atoms with Crippen molar-refractivity contribution in [3.63, 3.8) is 0 Å². The molecule has 0 spiro atoms. The molecule has 2 heterocycles. The highest BCUT2D eigenvalue weighted by Gasteiger charge is 2.39. The molecule has 0 bridgehead atoms. The smallest absolute Gasteiger partial charge is 0.228 e. The Morgan fingerprint density at radius 2 is 1.67 bits per heavy atom. The fourth-order valence-corrected chi connectivity index (χ4v) is 2.43. The van der Waals surface area contributed by atoms with E-state index >= 15 is 0 Å². The number of rotatable bonds is 1. The molecule has 0 N–H and O–H groups in total. The molecular formula is C12H22N2O. The minimum Gasteiger partial charge on any atom is -0.339 e. The second-order valence-corrected chi connectivity index (χ2v) is 5.86. The van der Waals surface area contributed by atoms with Gasteiger partial charge in [0.05, 0.1) is 0 Å². The SMILES string of the molecule is CC(C)(C)C(=O)N1CC(N2CCCC2)C1. The van der Waals surface area contributed by atoms with Crippen molar-refractivity contribution in [2.24, 2.45) is 5.41 Å². The first-order chi connectivity index (χ1) is 6.98. The van der Waals surface area contributed by atoms with Crippen LogP contribution in [0.25, 0.3) is 0 Å². The Bertz CT molecular complexity index is 245. The number of hydrogen-bond acceptors (Lipinski definition) is 2. The van der Waals surface area contributed by atoms with Crippen LogP contribution in [0.5, 0.6) is 0 Å². The van der Waals surface area contributed by atoms with Gasteiger partial charge in [-0.2, -0.15) is 0 Å². The highest BCUT2D eigenvalue weighted by Crippen LogP contribution is 2.25. The topological polar surface area (TPSA) is 23.6 Å². The number of likely N-dealkylation sites (tertiary alicyclic amines) is 2. The van der Waals surface area contributed by atoms with Gasteiger partial charge in [-0.3, -0.25) is 9.69 Å². The van der Waals surface area contributed by atoms with Crippen LogP contribution in [-0.2, 0) is 4.79 Å². The van der Waals surface area contributed by atoms with Crippen molar-refractivity contribution in [1.82, 2.24) is 9.80 Å². The lowest BCUT2D eigenvalue weighted by atomic mass is 9.92. The van der Waals surface area contributed by atoms with Gasteiger partial charge in [0.1, 0.15) is 0 Å². The van der Waals surface area contributed by atoms with E-state index in [2.05, 4.69) is 4.90 Å². The lowest BCUT2D eigenvalue weighted by Crippen LogP contribution is -2.62. The van der Waals surface area contributed by atoms with Crippen LogP contribution in [0.4, 0.5) is 0 Å². The molecule has 2 fully saturated rings. The third kappa shape index (κ3) is 2.17. The van der Waals surface area contributed by atoms with E-state index in [0.717, 1.165) is 13.1 Å². The largest absolute Gasteiger partial charge is 0.339 e. The van der Waals surface area contributed by atoms with Crippen molar-refractivity contribution in [2.45, 2.75) is 39.7 Å². The molecule has 0 unspecified atom stereocenters. The summed E-state index contributed by atoms with van der Waals surface area (Å²) in [6, 6.07) is 0.652. The summed E-state index contributed by atoms with van der Waals surface area (Å²) in [4.78, 5) is 16.5. The maximum absolute atomic E-state index is 11.9. The molecule has 1 amide bonds. The van der Waals surface area contributed by atoms with Gasteiger partial charge in [0.2, 0.25) is 5.91 Å². The highest BCUT2D eigenvalue weighted by atomic mass is 16.2. The lowest BCUT2D eigenvalue weighted by Gasteiger charge is -2.46. The Morgan fingerprint density at radius 3 is 2.13 bits per heavy atom. The number of carbonyl (C=O) groups excluding carboxylic acids is 1. The van der Waals surface area contributed by atoms with Crippen LogP contribution >= 0.6 is 0 Å². The zero-order chi connectivity index (χ0) is 11.1. The molecule has 0 aromatic carbocycles. The monoisotopic (exact) mass is 210 g/mol. The Labute approximate surface area is 92.4 Å². The maximum Gasteiger partial charge on any atom is 0.228 e. The Kier molecular flexibility index (Phi) is 2.75. The zero-order valence-electron chi connectivity index (χ0n) is 10.1. The minimum atomic E-state index is -0.212. The first kappa shape index (κ1) is 10.9. The van der Waals surface area contributed by atoms with E-state index in [0.29, 0.717) is 11.9 Å². The normalized spacial score (nSPS) is 24.3. The Balaban J connectivity index is 1.80. The number of amides is 1. The summed E-state index contributed by atoms with van der Waals surface area (Å²) < 4.78 is 0. The van der Waals surface area contributed by atoms with Crippen molar-refractivity contribution >= 4 is 5.91 Å². The second kappa shape index (κ2) is 3.78. The molecule has 0 aromatic heterocycles. The van der Waals surface area contributed by atoms with E-state index in [4.69, 9.17) is 0 Å². The Hall–Kier alpha value is -0.570. The molecule has 3 nitrogen and oxygen atoms in total. The van der Waals surface area contributed by atoms with Crippen LogP contribution in [0, 0.1) is 5.41 Å². The molecule has 0 aliphatic carbocycles. The number of carbonyl (C=O) groups is 1. The molecule has 0 radical (unpaired) electrons. The van der Waals surface area contributed by atoms with Crippen LogP contribution in [0.2, 0.25) is 0 Å². The standard InChI is InChI=1S/C12H22N2O/c1-12(2,3)11(15)14-8-10(9-14)13-6-4-5-7-13/h10H,4-9H2,1-3H3. The fraction of sp³-hybridized carbons (Fsp3) is 0.917. The molecule has 0 saturated carbocycles. The van der Waals surface area contributed by atoms with Crippen molar-refractivity contribution in [1.29, 1.82) is 0 Å². The van der Waals surface area contributed by atoms with Gasteiger partial charge < -0.3 is 4.90 Å². The van der Waals surface area contributed by atoms with Crippen LogP contribution in [0.3, 0.4) is 0 Å². The van der Waals surface area contributed by atoms with E-state index in [-0.39, 0.29) is 5.41 Å². The summed E-state index contributed by atoms with van der Waals surface area (Å²) in [7, 11) is 0. The predicted molar refractivity (Wildman–Crippen MR) is 60.6 cm³/mol. The van der Waals surface area contributed by atoms with Gasteiger partial charge in [0.25, 0.3) is 0 Å². The molecule has 0 atom stereocenters. The first-order valence-corrected chi connectivity index (χ1v) is 6.02. The Morgan fingerprint density at radius 1 is 1.13 bits per heavy atom. The van der Waals surface area contributed by atoms with E-state index in [1.807, 2.05) is 25.7 Å². The fourth-order valence-electron chi connectivity index (χ4n) is 2.43. The summed E-state index contributed by atoms with van der Waals surface area (Å²) in [6.07, 6.45) is 2.67. The molecule has 3 heteroatoms.